The van der Waals surface area contributed by atoms with Crippen molar-refractivity contribution in [2.75, 3.05) is 11.9 Å². The Morgan fingerprint density at radius 2 is 1.57 bits per heavy atom. The first-order valence-corrected chi connectivity index (χ1v) is 8.53. The second kappa shape index (κ2) is 9.41. The zero-order chi connectivity index (χ0) is 14.8. The molecule has 0 aromatic heterocycles. The molecule has 0 aliphatic rings. The Bertz CT molecular complexity index is 549. The third kappa shape index (κ3) is 5.76. The zero-order valence-electron chi connectivity index (χ0n) is 12.2. The number of halogens is 1. The number of para-hydroxylation sites is 1. The van der Waals surface area contributed by atoms with Gasteiger partial charge in [-0.3, -0.25) is 0 Å². The molecular weight excluding hydrogens is 324 g/mol. The summed E-state index contributed by atoms with van der Waals surface area (Å²) in [6, 6.07) is 18.5. The summed E-state index contributed by atoms with van der Waals surface area (Å²) in [4.78, 5) is 0. The third-order valence-corrected chi connectivity index (χ3v) is 3.77. The van der Waals surface area contributed by atoms with Crippen LogP contribution in [-0.4, -0.2) is 11.9 Å². The van der Waals surface area contributed by atoms with Crippen LogP contribution in [0.25, 0.3) is 12.2 Å². The van der Waals surface area contributed by atoms with Gasteiger partial charge in [-0.25, -0.2) is 0 Å². The molecule has 0 N–H and O–H groups in total. The van der Waals surface area contributed by atoms with Crippen LogP contribution in [-0.2, 0) is 0 Å². The van der Waals surface area contributed by atoms with Crippen LogP contribution in [0.5, 0.6) is 5.75 Å². The molecular formula is C19H21BrO. The number of hydrogen-bond acceptors (Lipinski definition) is 1. The zero-order valence-corrected chi connectivity index (χ0v) is 13.8. The van der Waals surface area contributed by atoms with Crippen molar-refractivity contribution in [3.63, 3.8) is 0 Å². The minimum absolute atomic E-state index is 0.781. The molecule has 0 spiro atoms. The SMILES string of the molecule is BrCCCCCOc1ccccc1/C=C/c1ccccc1. The Balaban J connectivity index is 1.95. The normalized spacial score (nSPS) is 10.9. The lowest BCUT2D eigenvalue weighted by Crippen LogP contribution is -1.98. The number of unbranched alkanes of at least 4 members (excludes halogenated alkanes) is 2. The highest BCUT2D eigenvalue weighted by atomic mass is 79.9. The van der Waals surface area contributed by atoms with E-state index in [1.807, 2.05) is 36.4 Å². The molecule has 1 nitrogen and oxygen atoms in total. The smallest absolute Gasteiger partial charge is 0.126 e. The Morgan fingerprint density at radius 1 is 0.810 bits per heavy atom. The standard InChI is InChI=1S/C19H21BrO/c20-15-7-2-8-16-21-19-12-6-5-11-18(19)14-13-17-9-3-1-4-10-17/h1,3-6,9-14H,2,7-8,15-16H2/b14-13+. The first kappa shape index (κ1) is 15.8. The summed E-state index contributed by atoms with van der Waals surface area (Å²) in [6.07, 6.45) is 7.74. The molecule has 0 amide bonds. The highest BCUT2D eigenvalue weighted by molar-refractivity contribution is 9.09. The minimum atomic E-state index is 0.781. The molecule has 110 valence electrons. The van der Waals surface area contributed by atoms with Crippen molar-refractivity contribution in [2.24, 2.45) is 0 Å². The van der Waals surface area contributed by atoms with Crippen molar-refractivity contribution in [3.05, 3.63) is 65.7 Å². The summed E-state index contributed by atoms with van der Waals surface area (Å²) in [7, 11) is 0. The molecule has 0 heterocycles. The van der Waals surface area contributed by atoms with E-state index in [9.17, 15) is 0 Å². The predicted molar refractivity (Wildman–Crippen MR) is 95.0 cm³/mol. The van der Waals surface area contributed by atoms with Gasteiger partial charge < -0.3 is 4.74 Å². The number of benzene rings is 2. The maximum Gasteiger partial charge on any atom is 0.126 e. The fraction of sp³-hybridized carbons (Fsp3) is 0.263. The minimum Gasteiger partial charge on any atom is -0.493 e. The van der Waals surface area contributed by atoms with E-state index in [1.165, 1.54) is 18.4 Å². The van der Waals surface area contributed by atoms with E-state index in [0.717, 1.165) is 29.7 Å². The molecule has 21 heavy (non-hydrogen) atoms. The van der Waals surface area contributed by atoms with E-state index < -0.39 is 0 Å². The maximum absolute atomic E-state index is 5.91. The lowest BCUT2D eigenvalue weighted by atomic mass is 10.1. The molecule has 0 fully saturated rings. The van der Waals surface area contributed by atoms with E-state index >= 15 is 0 Å². The first-order valence-electron chi connectivity index (χ1n) is 7.41. The lowest BCUT2D eigenvalue weighted by Gasteiger charge is -2.08. The Labute approximate surface area is 135 Å². The molecule has 0 aliphatic heterocycles. The summed E-state index contributed by atoms with van der Waals surface area (Å²) in [5.74, 6) is 0.962. The summed E-state index contributed by atoms with van der Waals surface area (Å²) in [5, 5.41) is 1.07. The van der Waals surface area contributed by atoms with E-state index in [1.54, 1.807) is 0 Å². The largest absolute Gasteiger partial charge is 0.493 e. The molecule has 2 aromatic carbocycles. The predicted octanol–water partition coefficient (Wildman–Crippen LogP) is 5.80. The Hall–Kier alpha value is -1.54. The topological polar surface area (TPSA) is 9.23 Å². The van der Waals surface area contributed by atoms with E-state index in [4.69, 9.17) is 4.74 Å². The monoisotopic (exact) mass is 344 g/mol. The average molecular weight is 345 g/mol. The first-order chi connectivity index (χ1) is 10.4. The van der Waals surface area contributed by atoms with Gasteiger partial charge >= 0.3 is 0 Å². The second-order valence-electron chi connectivity index (χ2n) is 4.88. The van der Waals surface area contributed by atoms with Crippen LogP contribution in [0.4, 0.5) is 0 Å². The van der Waals surface area contributed by atoms with Crippen LogP contribution < -0.4 is 4.74 Å². The molecule has 0 saturated carbocycles. The molecule has 2 aromatic rings. The van der Waals surface area contributed by atoms with Gasteiger partial charge in [0.1, 0.15) is 5.75 Å². The molecule has 0 radical (unpaired) electrons. The highest BCUT2D eigenvalue weighted by Gasteiger charge is 1.99. The quantitative estimate of drug-likeness (QED) is 0.334. The van der Waals surface area contributed by atoms with Crippen molar-refractivity contribution in [3.8, 4) is 5.75 Å². The van der Waals surface area contributed by atoms with Gasteiger partial charge in [-0.15, -0.1) is 0 Å². The van der Waals surface area contributed by atoms with Crippen LogP contribution in [0.2, 0.25) is 0 Å². The van der Waals surface area contributed by atoms with Gasteiger partial charge in [0.25, 0.3) is 0 Å². The fourth-order valence-corrected chi connectivity index (χ4v) is 2.45. The Kier molecular flexibility index (Phi) is 7.10. The molecule has 2 heteroatoms. The average Bonchev–Trinajstić information content (AvgIpc) is 2.55. The Morgan fingerprint density at radius 3 is 2.38 bits per heavy atom. The van der Waals surface area contributed by atoms with Crippen molar-refractivity contribution < 1.29 is 4.74 Å². The van der Waals surface area contributed by atoms with Crippen LogP contribution in [0.3, 0.4) is 0 Å². The third-order valence-electron chi connectivity index (χ3n) is 3.21. The number of hydrogen-bond donors (Lipinski definition) is 0. The molecule has 0 aliphatic carbocycles. The van der Waals surface area contributed by atoms with E-state index in [0.29, 0.717) is 0 Å². The molecule has 0 atom stereocenters. The number of ether oxygens (including phenoxy) is 1. The van der Waals surface area contributed by atoms with Gasteiger partial charge in [-0.05, 0) is 30.9 Å². The van der Waals surface area contributed by atoms with Crippen LogP contribution >= 0.6 is 15.9 Å². The van der Waals surface area contributed by atoms with Gasteiger partial charge in [0.15, 0.2) is 0 Å². The number of alkyl halides is 1. The maximum atomic E-state index is 5.91. The summed E-state index contributed by atoms with van der Waals surface area (Å²) >= 11 is 3.45. The highest BCUT2D eigenvalue weighted by Crippen LogP contribution is 2.21. The van der Waals surface area contributed by atoms with Crippen LogP contribution in [0, 0.1) is 0 Å². The summed E-state index contributed by atoms with van der Waals surface area (Å²) in [5.41, 5.74) is 2.33. The van der Waals surface area contributed by atoms with Gasteiger partial charge in [0, 0.05) is 10.9 Å². The van der Waals surface area contributed by atoms with E-state index in [2.05, 4.69) is 46.3 Å². The van der Waals surface area contributed by atoms with Crippen molar-refractivity contribution >= 4 is 28.1 Å². The molecule has 0 bridgehead atoms. The van der Waals surface area contributed by atoms with Crippen LogP contribution in [0.15, 0.2) is 54.6 Å². The molecule has 0 unspecified atom stereocenters. The van der Waals surface area contributed by atoms with Crippen molar-refractivity contribution in [2.45, 2.75) is 19.3 Å². The number of rotatable bonds is 8. The summed E-state index contributed by atoms with van der Waals surface area (Å²) < 4.78 is 5.91. The fourth-order valence-electron chi connectivity index (χ4n) is 2.06. The molecule has 0 saturated heterocycles. The van der Waals surface area contributed by atoms with Crippen molar-refractivity contribution in [1.29, 1.82) is 0 Å². The molecule has 2 rings (SSSR count). The van der Waals surface area contributed by atoms with Gasteiger partial charge in [0.2, 0.25) is 0 Å². The van der Waals surface area contributed by atoms with Crippen LogP contribution in [0.1, 0.15) is 30.4 Å². The second-order valence-corrected chi connectivity index (χ2v) is 5.67. The van der Waals surface area contributed by atoms with Crippen molar-refractivity contribution in [1.82, 2.24) is 0 Å². The summed E-state index contributed by atoms with van der Waals surface area (Å²) in [6.45, 7) is 0.781. The van der Waals surface area contributed by atoms with Gasteiger partial charge in [0.05, 0.1) is 6.61 Å². The van der Waals surface area contributed by atoms with Gasteiger partial charge in [-0.1, -0.05) is 76.6 Å². The van der Waals surface area contributed by atoms with E-state index in [-0.39, 0.29) is 0 Å². The lowest BCUT2D eigenvalue weighted by molar-refractivity contribution is 0.306. The van der Waals surface area contributed by atoms with Gasteiger partial charge in [-0.2, -0.15) is 0 Å².